The number of aromatic nitrogens is 3. The van der Waals surface area contributed by atoms with Crippen LogP contribution >= 0.6 is 11.6 Å². The highest BCUT2D eigenvalue weighted by Gasteiger charge is 2.06. The standard InChI is InChI=1S/C13H14N4O.C8H9Cl.C2H5NO/c1-10(14)7-13(18)17-9-15-12(16-17)8-11-5-3-2-4-6-11;1-7-4-2-3-5-8(9)6-7;1-3-2-4/h2-7,9H,8,14H2,1H3;2-5H,6H2,1H3;2H,1H3,(H,3,4)/b10-7-;;. The molecule has 1 aliphatic rings. The van der Waals surface area contributed by atoms with Crippen molar-refractivity contribution in [3.05, 3.63) is 94.7 Å². The SMILES string of the molecule is C/C(N)=C/C(=O)n1cnc(Cc2ccccc2)n1.CC1=CC=CC=C(Cl)C1.CNC=O. The van der Waals surface area contributed by atoms with Gasteiger partial charge in [-0.2, -0.15) is 4.68 Å². The van der Waals surface area contributed by atoms with E-state index in [1.54, 1.807) is 14.0 Å². The van der Waals surface area contributed by atoms with Crippen LogP contribution in [0.25, 0.3) is 0 Å². The minimum atomic E-state index is -0.290. The number of rotatable bonds is 4. The van der Waals surface area contributed by atoms with Crippen LogP contribution in [-0.4, -0.2) is 34.1 Å². The maximum atomic E-state index is 11.6. The molecule has 7 nitrogen and oxygen atoms in total. The smallest absolute Gasteiger partial charge is 0.274 e. The van der Waals surface area contributed by atoms with Crippen LogP contribution in [0.15, 0.2) is 83.3 Å². The number of carbonyl (C=O) groups is 2. The Labute approximate surface area is 188 Å². The molecule has 0 aliphatic heterocycles. The quantitative estimate of drug-likeness (QED) is 0.555. The third-order valence-electron chi connectivity index (χ3n) is 3.66. The number of halogens is 1. The molecule has 0 unspecified atom stereocenters. The second-order valence-corrected chi connectivity index (χ2v) is 7.07. The predicted octanol–water partition coefficient (Wildman–Crippen LogP) is 3.75. The molecule has 1 amide bonds. The van der Waals surface area contributed by atoms with E-state index >= 15 is 0 Å². The molecule has 0 bridgehead atoms. The van der Waals surface area contributed by atoms with Gasteiger partial charge in [0.2, 0.25) is 6.41 Å². The van der Waals surface area contributed by atoms with Crippen molar-refractivity contribution in [1.82, 2.24) is 20.1 Å². The van der Waals surface area contributed by atoms with Crippen molar-refractivity contribution in [2.75, 3.05) is 7.05 Å². The maximum absolute atomic E-state index is 11.6. The summed E-state index contributed by atoms with van der Waals surface area (Å²) in [7, 11) is 1.56. The zero-order valence-electron chi connectivity index (χ0n) is 18.0. The van der Waals surface area contributed by atoms with E-state index in [0.29, 0.717) is 24.4 Å². The average molecular weight is 442 g/mol. The number of nitrogens with zero attached hydrogens (tertiary/aromatic N) is 3. The van der Waals surface area contributed by atoms with E-state index in [0.717, 1.165) is 17.0 Å². The Morgan fingerprint density at radius 3 is 2.52 bits per heavy atom. The summed E-state index contributed by atoms with van der Waals surface area (Å²) in [5, 5.41) is 7.28. The van der Waals surface area contributed by atoms with Crippen LogP contribution in [0.5, 0.6) is 0 Å². The van der Waals surface area contributed by atoms with Gasteiger partial charge in [0.1, 0.15) is 6.33 Å². The molecular formula is C23H28ClN5O2. The summed E-state index contributed by atoms with van der Waals surface area (Å²) in [5.41, 5.74) is 8.30. The van der Waals surface area contributed by atoms with Gasteiger partial charge in [-0.15, -0.1) is 5.10 Å². The molecule has 1 heterocycles. The molecule has 1 aliphatic carbocycles. The van der Waals surface area contributed by atoms with Crippen LogP contribution in [-0.2, 0) is 11.2 Å². The van der Waals surface area contributed by atoms with E-state index in [2.05, 4.69) is 28.4 Å². The van der Waals surface area contributed by atoms with E-state index in [4.69, 9.17) is 22.1 Å². The van der Waals surface area contributed by atoms with E-state index in [-0.39, 0.29) is 5.91 Å². The first-order valence-corrected chi connectivity index (χ1v) is 9.95. The van der Waals surface area contributed by atoms with Crippen LogP contribution < -0.4 is 11.1 Å². The number of hydrogen-bond acceptors (Lipinski definition) is 5. The molecule has 0 saturated heterocycles. The summed E-state index contributed by atoms with van der Waals surface area (Å²) in [6, 6.07) is 9.85. The van der Waals surface area contributed by atoms with Crippen molar-refractivity contribution in [3.63, 3.8) is 0 Å². The normalized spacial score (nSPS) is 12.7. The summed E-state index contributed by atoms with van der Waals surface area (Å²) >= 11 is 5.78. The second kappa shape index (κ2) is 14.5. The number of benzene rings is 1. The highest BCUT2D eigenvalue weighted by atomic mass is 35.5. The molecule has 0 spiro atoms. The van der Waals surface area contributed by atoms with Crippen molar-refractivity contribution in [2.24, 2.45) is 5.73 Å². The fourth-order valence-electron chi connectivity index (χ4n) is 2.29. The van der Waals surface area contributed by atoms with E-state index in [1.165, 1.54) is 22.7 Å². The topological polar surface area (TPSA) is 103 Å². The van der Waals surface area contributed by atoms with Crippen molar-refractivity contribution in [2.45, 2.75) is 26.7 Å². The van der Waals surface area contributed by atoms with Gasteiger partial charge >= 0.3 is 0 Å². The number of nitrogens with one attached hydrogen (secondary N) is 1. The molecule has 3 rings (SSSR count). The molecule has 0 fully saturated rings. The van der Waals surface area contributed by atoms with Gasteiger partial charge in [-0.3, -0.25) is 9.59 Å². The van der Waals surface area contributed by atoms with Gasteiger partial charge in [0.25, 0.3) is 5.91 Å². The van der Waals surface area contributed by atoms with Crippen LogP contribution in [0.3, 0.4) is 0 Å². The highest BCUT2D eigenvalue weighted by molar-refractivity contribution is 6.29. The number of nitrogens with two attached hydrogens (primary N) is 1. The first-order chi connectivity index (χ1) is 14.8. The largest absolute Gasteiger partial charge is 0.402 e. The Kier molecular flexibility index (Phi) is 12.0. The molecule has 164 valence electrons. The lowest BCUT2D eigenvalue weighted by Crippen LogP contribution is -2.10. The molecule has 0 radical (unpaired) electrons. The van der Waals surface area contributed by atoms with Gasteiger partial charge in [-0.25, -0.2) is 4.98 Å². The van der Waals surface area contributed by atoms with Crippen LogP contribution in [0, 0.1) is 0 Å². The van der Waals surface area contributed by atoms with Gasteiger partial charge in [0, 0.05) is 36.7 Å². The lowest BCUT2D eigenvalue weighted by molar-refractivity contribution is -0.109. The number of allylic oxidation sites excluding steroid dienone is 8. The lowest BCUT2D eigenvalue weighted by Gasteiger charge is -1.96. The summed E-state index contributed by atoms with van der Waals surface area (Å²) in [5.74, 6) is 0.319. The van der Waals surface area contributed by atoms with Crippen LogP contribution in [0.4, 0.5) is 0 Å². The van der Waals surface area contributed by atoms with Crippen molar-refractivity contribution >= 4 is 23.9 Å². The minimum absolute atomic E-state index is 0.290. The molecule has 3 N–H and O–H groups in total. The number of amides is 1. The van der Waals surface area contributed by atoms with Crippen LogP contribution in [0.2, 0.25) is 0 Å². The molecule has 1 aromatic heterocycles. The molecule has 8 heteroatoms. The first-order valence-electron chi connectivity index (χ1n) is 9.57. The fourth-order valence-corrected chi connectivity index (χ4v) is 2.57. The van der Waals surface area contributed by atoms with Gasteiger partial charge in [0.15, 0.2) is 5.82 Å². The van der Waals surface area contributed by atoms with Crippen molar-refractivity contribution in [1.29, 1.82) is 0 Å². The molecule has 1 aromatic carbocycles. The molecule has 2 aromatic rings. The minimum Gasteiger partial charge on any atom is -0.402 e. The second-order valence-electron chi connectivity index (χ2n) is 6.59. The third-order valence-corrected chi connectivity index (χ3v) is 3.92. The van der Waals surface area contributed by atoms with Crippen LogP contribution in [0.1, 0.15) is 36.5 Å². The Morgan fingerprint density at radius 1 is 1.26 bits per heavy atom. The predicted molar refractivity (Wildman–Crippen MR) is 124 cm³/mol. The maximum Gasteiger partial charge on any atom is 0.274 e. The lowest BCUT2D eigenvalue weighted by atomic mass is 10.1. The van der Waals surface area contributed by atoms with Gasteiger partial charge < -0.3 is 11.1 Å². The number of hydrogen-bond donors (Lipinski definition) is 2. The van der Waals surface area contributed by atoms with E-state index in [1.807, 2.05) is 48.6 Å². The Morgan fingerprint density at radius 2 is 1.90 bits per heavy atom. The van der Waals surface area contributed by atoms with E-state index in [9.17, 15) is 4.79 Å². The van der Waals surface area contributed by atoms with Crippen molar-refractivity contribution < 1.29 is 9.59 Å². The zero-order valence-corrected chi connectivity index (χ0v) is 18.7. The highest BCUT2D eigenvalue weighted by Crippen LogP contribution is 2.16. The molecular weight excluding hydrogens is 414 g/mol. The molecule has 0 saturated carbocycles. The monoisotopic (exact) mass is 441 g/mol. The third kappa shape index (κ3) is 11.3. The number of carbonyl (C=O) groups excluding carboxylic acids is 2. The molecule has 0 atom stereocenters. The Bertz CT molecular complexity index is 935. The fraction of sp³-hybridized carbons (Fsp3) is 0.217. The van der Waals surface area contributed by atoms with Gasteiger partial charge in [-0.05, 0) is 25.5 Å². The average Bonchev–Trinajstić information content (AvgIpc) is 3.12. The summed E-state index contributed by atoms with van der Waals surface area (Å²) in [6.45, 7) is 3.73. The van der Waals surface area contributed by atoms with E-state index < -0.39 is 0 Å². The molecule has 31 heavy (non-hydrogen) atoms. The zero-order chi connectivity index (χ0) is 23.1. The van der Waals surface area contributed by atoms with Crippen molar-refractivity contribution in [3.8, 4) is 0 Å². The summed E-state index contributed by atoms with van der Waals surface area (Å²) in [4.78, 5) is 24.8. The Balaban J connectivity index is 0.000000307. The van der Waals surface area contributed by atoms with Gasteiger partial charge in [-0.1, -0.05) is 65.7 Å². The first kappa shape index (κ1) is 25.6. The summed E-state index contributed by atoms with van der Waals surface area (Å²) in [6.07, 6.45) is 12.8. The van der Waals surface area contributed by atoms with Gasteiger partial charge in [0.05, 0.1) is 0 Å². The summed E-state index contributed by atoms with van der Waals surface area (Å²) < 4.78 is 1.19. The Hall–Kier alpha value is -3.45.